The van der Waals surface area contributed by atoms with Crippen molar-refractivity contribution in [3.8, 4) is 0 Å². The predicted octanol–water partition coefficient (Wildman–Crippen LogP) is 1.19. The fourth-order valence-corrected chi connectivity index (χ4v) is 5.19. The van der Waals surface area contributed by atoms with Crippen molar-refractivity contribution in [2.24, 2.45) is 11.8 Å². The van der Waals surface area contributed by atoms with Crippen molar-refractivity contribution in [2.75, 3.05) is 31.5 Å². The Labute approximate surface area is 138 Å². The third-order valence-corrected chi connectivity index (χ3v) is 6.75. The third-order valence-electron chi connectivity index (χ3n) is 4.79. The number of anilines is 1. The summed E-state index contributed by atoms with van der Waals surface area (Å²) in [5, 5.41) is 3.32. The van der Waals surface area contributed by atoms with E-state index in [2.05, 4.69) is 29.1 Å². The molecule has 1 N–H and O–H groups in total. The molecule has 0 saturated carbocycles. The lowest BCUT2D eigenvalue weighted by Gasteiger charge is -2.23. The summed E-state index contributed by atoms with van der Waals surface area (Å²) in [4.78, 5) is 8.40. The molecule has 0 bridgehead atoms. The van der Waals surface area contributed by atoms with E-state index in [1.165, 1.54) is 0 Å². The first-order valence-corrected chi connectivity index (χ1v) is 9.67. The molecule has 1 aromatic heterocycles. The van der Waals surface area contributed by atoms with Crippen LogP contribution in [0.3, 0.4) is 0 Å². The Morgan fingerprint density at radius 2 is 1.78 bits per heavy atom. The fourth-order valence-electron chi connectivity index (χ4n) is 3.43. The van der Waals surface area contributed by atoms with Crippen molar-refractivity contribution >= 4 is 16.2 Å². The Morgan fingerprint density at radius 1 is 1.13 bits per heavy atom. The van der Waals surface area contributed by atoms with E-state index < -0.39 is 10.2 Å². The largest absolute Gasteiger partial charge is 0.350 e. The minimum atomic E-state index is -3.34. The molecule has 0 spiro atoms. The van der Waals surface area contributed by atoms with Crippen LogP contribution in [0.15, 0.2) is 18.5 Å². The van der Waals surface area contributed by atoms with Crippen LogP contribution in [0.1, 0.15) is 26.7 Å². The summed E-state index contributed by atoms with van der Waals surface area (Å²) in [6.07, 6.45) is 5.29. The molecule has 7 nitrogen and oxygen atoms in total. The van der Waals surface area contributed by atoms with Crippen LogP contribution in [-0.2, 0) is 10.2 Å². The topological polar surface area (TPSA) is 78.4 Å². The van der Waals surface area contributed by atoms with E-state index >= 15 is 0 Å². The molecule has 0 unspecified atom stereocenters. The van der Waals surface area contributed by atoms with E-state index in [9.17, 15) is 8.42 Å². The Morgan fingerprint density at radius 3 is 2.39 bits per heavy atom. The van der Waals surface area contributed by atoms with Crippen LogP contribution in [0.25, 0.3) is 0 Å². The smallest absolute Gasteiger partial charge is 0.282 e. The van der Waals surface area contributed by atoms with Gasteiger partial charge in [0.05, 0.1) is 0 Å². The molecule has 0 aromatic carbocycles. The SMILES string of the molecule is CC(C)[C@H]1CN(S(=O)(=O)N2CCCC2)C[C@@H]1Nc1ncccn1. The van der Waals surface area contributed by atoms with E-state index in [0.717, 1.165) is 12.8 Å². The van der Waals surface area contributed by atoms with Crippen LogP contribution < -0.4 is 5.32 Å². The second kappa shape index (κ2) is 6.70. The van der Waals surface area contributed by atoms with Gasteiger partial charge < -0.3 is 5.32 Å². The van der Waals surface area contributed by atoms with Crippen LogP contribution in [0.2, 0.25) is 0 Å². The maximum absolute atomic E-state index is 12.8. The Bertz CT molecular complexity index is 616. The standard InChI is InChI=1S/C15H25N5O2S/c1-12(2)13-10-20(23(21,22)19-8-3-4-9-19)11-14(13)18-15-16-6-5-7-17-15/h5-7,12-14H,3-4,8-11H2,1-2H3,(H,16,17,18)/t13-,14+/m1/s1. The van der Waals surface area contributed by atoms with Gasteiger partial charge in [0.25, 0.3) is 10.2 Å². The first-order chi connectivity index (χ1) is 11.0. The Kier molecular flexibility index (Phi) is 4.84. The van der Waals surface area contributed by atoms with Crippen LogP contribution in [-0.4, -0.2) is 59.2 Å². The molecule has 2 saturated heterocycles. The average Bonchev–Trinajstić information content (AvgIpc) is 3.18. The van der Waals surface area contributed by atoms with Crippen molar-refractivity contribution < 1.29 is 8.42 Å². The van der Waals surface area contributed by atoms with Crippen molar-refractivity contribution in [3.63, 3.8) is 0 Å². The van der Waals surface area contributed by atoms with Gasteiger partial charge in [-0.15, -0.1) is 0 Å². The first-order valence-electron chi connectivity index (χ1n) is 8.27. The molecule has 1 aromatic rings. The van der Waals surface area contributed by atoms with E-state index in [1.54, 1.807) is 27.1 Å². The summed E-state index contributed by atoms with van der Waals surface area (Å²) in [7, 11) is -3.34. The minimum Gasteiger partial charge on any atom is -0.350 e. The molecule has 0 aliphatic carbocycles. The maximum Gasteiger partial charge on any atom is 0.282 e. The van der Waals surface area contributed by atoms with Gasteiger partial charge in [0.2, 0.25) is 5.95 Å². The van der Waals surface area contributed by atoms with Crippen LogP contribution in [0, 0.1) is 11.8 Å². The fraction of sp³-hybridized carbons (Fsp3) is 0.733. The lowest BCUT2D eigenvalue weighted by atomic mass is 9.91. The molecule has 2 aliphatic rings. The van der Waals surface area contributed by atoms with Gasteiger partial charge in [0.1, 0.15) is 0 Å². The lowest BCUT2D eigenvalue weighted by molar-refractivity contribution is 0.359. The third kappa shape index (κ3) is 3.49. The molecule has 0 radical (unpaired) electrons. The Balaban J connectivity index is 1.75. The number of hydrogen-bond acceptors (Lipinski definition) is 5. The average molecular weight is 339 g/mol. The molecule has 128 valence electrons. The van der Waals surface area contributed by atoms with Gasteiger partial charge in [-0.1, -0.05) is 13.8 Å². The monoisotopic (exact) mass is 339 g/mol. The molecule has 2 atom stereocenters. The van der Waals surface area contributed by atoms with Crippen molar-refractivity contribution in [3.05, 3.63) is 18.5 Å². The molecule has 3 rings (SSSR count). The van der Waals surface area contributed by atoms with Crippen molar-refractivity contribution in [1.82, 2.24) is 18.6 Å². The van der Waals surface area contributed by atoms with Gasteiger partial charge >= 0.3 is 0 Å². The summed E-state index contributed by atoms with van der Waals surface area (Å²) < 4.78 is 28.8. The molecule has 8 heteroatoms. The zero-order valence-corrected chi connectivity index (χ0v) is 14.5. The van der Waals surface area contributed by atoms with Gasteiger partial charge in [-0.25, -0.2) is 9.97 Å². The molecular formula is C15H25N5O2S. The normalized spacial score (nSPS) is 26.9. The van der Waals surface area contributed by atoms with Gasteiger partial charge in [0, 0.05) is 44.6 Å². The quantitative estimate of drug-likeness (QED) is 0.872. The van der Waals surface area contributed by atoms with E-state index in [1.807, 2.05) is 0 Å². The summed E-state index contributed by atoms with van der Waals surface area (Å²) in [5.74, 6) is 1.19. The summed E-state index contributed by atoms with van der Waals surface area (Å²) in [5.41, 5.74) is 0. The molecule has 23 heavy (non-hydrogen) atoms. The minimum absolute atomic E-state index is 0.0368. The number of hydrogen-bond donors (Lipinski definition) is 1. The second-order valence-electron chi connectivity index (χ2n) is 6.66. The number of nitrogens with one attached hydrogen (secondary N) is 1. The van der Waals surface area contributed by atoms with E-state index in [0.29, 0.717) is 38.0 Å². The number of rotatable bonds is 5. The van der Waals surface area contributed by atoms with Crippen LogP contribution in [0.5, 0.6) is 0 Å². The highest BCUT2D eigenvalue weighted by Gasteiger charge is 2.42. The summed E-state index contributed by atoms with van der Waals surface area (Å²) in [6.45, 7) is 6.59. The van der Waals surface area contributed by atoms with E-state index in [-0.39, 0.29) is 12.0 Å². The number of aromatic nitrogens is 2. The highest BCUT2D eigenvalue weighted by Crippen LogP contribution is 2.30. The molecular weight excluding hydrogens is 314 g/mol. The first kappa shape index (κ1) is 16.6. The van der Waals surface area contributed by atoms with Crippen molar-refractivity contribution in [2.45, 2.75) is 32.7 Å². The second-order valence-corrected chi connectivity index (χ2v) is 8.59. The van der Waals surface area contributed by atoms with Gasteiger partial charge in [-0.05, 0) is 30.7 Å². The molecule has 2 aliphatic heterocycles. The van der Waals surface area contributed by atoms with Crippen molar-refractivity contribution in [1.29, 1.82) is 0 Å². The summed E-state index contributed by atoms with van der Waals surface area (Å²) in [6, 6.07) is 1.80. The van der Waals surface area contributed by atoms with Gasteiger partial charge in [-0.2, -0.15) is 17.0 Å². The van der Waals surface area contributed by atoms with Crippen LogP contribution >= 0.6 is 0 Å². The number of nitrogens with zero attached hydrogens (tertiary/aromatic N) is 4. The summed E-state index contributed by atoms with van der Waals surface area (Å²) >= 11 is 0. The maximum atomic E-state index is 12.8. The highest BCUT2D eigenvalue weighted by molar-refractivity contribution is 7.86. The highest BCUT2D eigenvalue weighted by atomic mass is 32.2. The zero-order chi connectivity index (χ0) is 16.4. The van der Waals surface area contributed by atoms with Gasteiger partial charge in [0.15, 0.2) is 0 Å². The molecule has 2 fully saturated rings. The zero-order valence-electron chi connectivity index (χ0n) is 13.7. The lowest BCUT2D eigenvalue weighted by Crippen LogP contribution is -2.42. The Hall–Kier alpha value is -1.25. The molecule has 3 heterocycles. The van der Waals surface area contributed by atoms with E-state index in [4.69, 9.17) is 0 Å². The van der Waals surface area contributed by atoms with Crippen LogP contribution in [0.4, 0.5) is 5.95 Å². The molecule has 0 amide bonds. The van der Waals surface area contributed by atoms with Gasteiger partial charge in [-0.3, -0.25) is 0 Å². The predicted molar refractivity (Wildman–Crippen MR) is 89.1 cm³/mol.